The van der Waals surface area contributed by atoms with Crippen LogP contribution in [0.5, 0.6) is 11.5 Å². The number of hydrogen-bond acceptors (Lipinski definition) is 10. The number of amides is 1. The average molecular weight is 541 g/mol. The Morgan fingerprint density at radius 1 is 1.18 bits per heavy atom. The van der Waals surface area contributed by atoms with Crippen molar-refractivity contribution in [2.45, 2.75) is 19.9 Å². The van der Waals surface area contributed by atoms with Gasteiger partial charge in [0.2, 0.25) is 11.9 Å². The van der Waals surface area contributed by atoms with Crippen molar-refractivity contribution in [3.05, 3.63) is 73.3 Å². The van der Waals surface area contributed by atoms with E-state index in [0.29, 0.717) is 65.1 Å². The van der Waals surface area contributed by atoms with E-state index in [9.17, 15) is 4.79 Å². The van der Waals surface area contributed by atoms with Gasteiger partial charge in [-0.3, -0.25) is 4.79 Å². The Labute approximate surface area is 228 Å². The van der Waals surface area contributed by atoms with Crippen LogP contribution in [0.2, 0.25) is 0 Å². The van der Waals surface area contributed by atoms with Crippen LogP contribution < -0.4 is 15.0 Å². The lowest BCUT2D eigenvalue weighted by Crippen LogP contribution is -2.54. The maximum absolute atomic E-state index is 15.3. The number of anilines is 3. The van der Waals surface area contributed by atoms with Crippen molar-refractivity contribution in [3.63, 3.8) is 0 Å². The van der Waals surface area contributed by atoms with Crippen LogP contribution in [-0.4, -0.2) is 71.0 Å². The Balaban J connectivity index is 1.26. The molecule has 0 spiro atoms. The van der Waals surface area contributed by atoms with Gasteiger partial charge < -0.3 is 19.9 Å². The van der Waals surface area contributed by atoms with Gasteiger partial charge in [-0.15, -0.1) is 0 Å². The van der Waals surface area contributed by atoms with Crippen molar-refractivity contribution < 1.29 is 13.9 Å². The lowest BCUT2D eigenvalue weighted by atomic mass is 10.2. The highest BCUT2D eigenvalue weighted by molar-refractivity contribution is 5.88. The molecule has 0 saturated carbocycles. The van der Waals surface area contributed by atoms with Gasteiger partial charge in [-0.25, -0.2) is 33.8 Å². The number of aryl methyl sites for hydroxylation is 1. The summed E-state index contributed by atoms with van der Waals surface area (Å²) in [6.45, 7) is 9.00. The molecule has 1 atom stereocenters. The fraction of sp³-hybridized carbons (Fsp3) is 0.222. The predicted octanol–water partition coefficient (Wildman–Crippen LogP) is 3.67. The van der Waals surface area contributed by atoms with Crippen molar-refractivity contribution in [1.29, 1.82) is 0 Å². The number of carbonyl (C=O) groups excluding carboxylic acids is 1. The molecule has 4 aromatic heterocycles. The highest BCUT2D eigenvalue weighted by Crippen LogP contribution is 2.32. The molecule has 0 bridgehead atoms. The minimum Gasteiger partial charge on any atom is -0.457 e. The molecule has 13 heteroatoms. The largest absolute Gasteiger partial charge is 0.457 e. The van der Waals surface area contributed by atoms with Crippen LogP contribution in [0.15, 0.2) is 62.0 Å². The van der Waals surface area contributed by atoms with Crippen molar-refractivity contribution in [1.82, 2.24) is 39.4 Å². The highest BCUT2D eigenvalue weighted by atomic mass is 19.1. The zero-order chi connectivity index (χ0) is 27.8. The summed E-state index contributed by atoms with van der Waals surface area (Å²) in [6, 6.07) is 6.40. The first kappa shape index (κ1) is 25.1. The van der Waals surface area contributed by atoms with Gasteiger partial charge in [-0.1, -0.05) is 6.58 Å². The van der Waals surface area contributed by atoms with E-state index >= 15 is 4.39 Å². The van der Waals surface area contributed by atoms with Gasteiger partial charge >= 0.3 is 0 Å². The Morgan fingerprint density at radius 2 is 2.05 bits per heavy atom. The number of halogens is 1. The Bertz CT molecular complexity index is 1760. The van der Waals surface area contributed by atoms with Gasteiger partial charge in [0.15, 0.2) is 11.5 Å². The molecule has 12 nitrogen and oxygen atoms in total. The monoisotopic (exact) mass is 540 g/mol. The summed E-state index contributed by atoms with van der Waals surface area (Å²) in [5.74, 6) is 1.07. The summed E-state index contributed by atoms with van der Waals surface area (Å²) in [4.78, 5) is 37.8. The van der Waals surface area contributed by atoms with E-state index in [1.807, 2.05) is 18.7 Å². The second-order valence-corrected chi connectivity index (χ2v) is 9.41. The molecule has 0 aliphatic carbocycles. The summed E-state index contributed by atoms with van der Waals surface area (Å²) in [5, 5.41) is 7.12. The molecule has 1 saturated heterocycles. The lowest BCUT2D eigenvalue weighted by molar-refractivity contribution is -0.126. The van der Waals surface area contributed by atoms with Crippen molar-refractivity contribution in [2.75, 3.05) is 29.9 Å². The van der Waals surface area contributed by atoms with E-state index < -0.39 is 5.82 Å². The van der Waals surface area contributed by atoms with Gasteiger partial charge in [0.1, 0.15) is 41.0 Å². The molecule has 6 rings (SSSR count). The zero-order valence-electron chi connectivity index (χ0n) is 21.8. The van der Waals surface area contributed by atoms with E-state index in [4.69, 9.17) is 9.72 Å². The van der Waals surface area contributed by atoms with E-state index in [1.165, 1.54) is 24.8 Å². The number of hydrogen-bond donors (Lipinski definition) is 1. The molecule has 0 unspecified atom stereocenters. The number of carbonyl (C=O) groups is 1. The summed E-state index contributed by atoms with van der Waals surface area (Å²) in [5.41, 5.74) is 2.49. The van der Waals surface area contributed by atoms with Crippen molar-refractivity contribution >= 4 is 40.0 Å². The molecule has 1 fully saturated rings. The summed E-state index contributed by atoms with van der Waals surface area (Å²) in [7, 11) is 0. The summed E-state index contributed by atoms with van der Waals surface area (Å²) < 4.78 is 22.8. The van der Waals surface area contributed by atoms with E-state index in [2.05, 4.69) is 36.9 Å². The minimum atomic E-state index is -0.526. The molecule has 40 heavy (non-hydrogen) atoms. The molecule has 1 N–H and O–H groups in total. The summed E-state index contributed by atoms with van der Waals surface area (Å²) >= 11 is 0. The van der Waals surface area contributed by atoms with Gasteiger partial charge in [-0.05, 0) is 37.6 Å². The maximum atomic E-state index is 15.3. The molecule has 0 radical (unpaired) electrons. The number of nitrogens with zero attached hydrogens (tertiary/aromatic N) is 9. The fourth-order valence-electron chi connectivity index (χ4n) is 4.64. The quantitative estimate of drug-likeness (QED) is 0.319. The van der Waals surface area contributed by atoms with Crippen LogP contribution >= 0.6 is 0 Å². The van der Waals surface area contributed by atoms with E-state index in [0.717, 1.165) is 0 Å². The first-order valence-corrected chi connectivity index (χ1v) is 12.6. The smallest absolute Gasteiger partial charge is 0.246 e. The molecular formula is C27H25FN10O2. The fourth-order valence-corrected chi connectivity index (χ4v) is 4.64. The molecular weight excluding hydrogens is 515 g/mol. The first-order valence-electron chi connectivity index (χ1n) is 12.6. The molecule has 5 heterocycles. The van der Waals surface area contributed by atoms with Crippen molar-refractivity contribution in [3.8, 4) is 11.5 Å². The molecule has 1 amide bonds. The third-order valence-electron chi connectivity index (χ3n) is 6.73. The molecule has 1 aliphatic rings. The normalized spacial score (nSPS) is 15.4. The van der Waals surface area contributed by atoms with Gasteiger partial charge in [0, 0.05) is 44.0 Å². The zero-order valence-corrected chi connectivity index (χ0v) is 21.8. The number of piperazine rings is 1. The number of benzene rings is 1. The number of ether oxygens (including phenoxy) is 1. The Hall–Kier alpha value is -5.20. The molecule has 5 aromatic rings. The van der Waals surface area contributed by atoms with Gasteiger partial charge in [0.25, 0.3) is 0 Å². The standard InChI is InChI=1S/C27H25FN10O2/c1-4-24(39)36-7-8-37(17(3)13-36)27-29-12-21-25(35-27)26(32-14-30-21)34-20-9-16(2)22(11-19(20)28)40-18-5-6-38-23(10-18)31-15-33-38/h4-6,9-12,14-15,17H,1,7-8,13H2,2-3H3,(H,30,32,34)/t17-/m0/s1. The first-order chi connectivity index (χ1) is 19.4. The van der Waals surface area contributed by atoms with Crippen molar-refractivity contribution in [2.24, 2.45) is 0 Å². The SMILES string of the molecule is C=CC(=O)N1CCN(c2ncc3ncnc(Nc4cc(C)c(Oc5ccn6ncnc6c5)cc4F)c3n2)[C@@H](C)C1. The van der Waals surface area contributed by atoms with Crippen LogP contribution in [0.3, 0.4) is 0 Å². The number of fused-ring (bicyclic) bond motifs is 2. The highest BCUT2D eigenvalue weighted by Gasteiger charge is 2.28. The van der Waals surface area contributed by atoms with Crippen LogP contribution in [0.4, 0.5) is 21.8 Å². The third kappa shape index (κ3) is 4.72. The number of aromatic nitrogens is 7. The van der Waals surface area contributed by atoms with Gasteiger partial charge in [-0.2, -0.15) is 5.10 Å². The molecule has 1 aromatic carbocycles. The Kier molecular flexibility index (Phi) is 6.38. The Morgan fingerprint density at radius 3 is 2.88 bits per heavy atom. The number of rotatable bonds is 6. The topological polar surface area (TPSA) is 127 Å². The number of nitrogens with one attached hydrogen (secondary N) is 1. The van der Waals surface area contributed by atoms with Gasteiger partial charge in [0.05, 0.1) is 11.9 Å². The van der Waals surface area contributed by atoms with Crippen LogP contribution in [0, 0.1) is 12.7 Å². The average Bonchev–Trinajstić information content (AvgIpc) is 3.43. The lowest BCUT2D eigenvalue weighted by Gasteiger charge is -2.39. The second-order valence-electron chi connectivity index (χ2n) is 9.41. The van der Waals surface area contributed by atoms with E-state index in [-0.39, 0.29) is 17.6 Å². The minimum absolute atomic E-state index is 0.0192. The number of pyridine rings is 1. The maximum Gasteiger partial charge on any atom is 0.246 e. The van der Waals surface area contributed by atoms with E-state index in [1.54, 1.807) is 40.0 Å². The molecule has 202 valence electrons. The van der Waals surface area contributed by atoms with Crippen LogP contribution in [0.25, 0.3) is 16.7 Å². The third-order valence-corrected chi connectivity index (χ3v) is 6.73. The predicted molar refractivity (Wildman–Crippen MR) is 146 cm³/mol. The summed E-state index contributed by atoms with van der Waals surface area (Å²) in [6.07, 6.45) is 7.48. The molecule has 1 aliphatic heterocycles. The van der Waals surface area contributed by atoms with Crippen LogP contribution in [-0.2, 0) is 4.79 Å². The van der Waals surface area contributed by atoms with Crippen LogP contribution in [0.1, 0.15) is 12.5 Å². The second kappa shape index (κ2) is 10.2.